The summed E-state index contributed by atoms with van der Waals surface area (Å²) in [5.74, 6) is -1.40. The predicted octanol–water partition coefficient (Wildman–Crippen LogP) is 7.08. The number of fused-ring (bicyclic) bond motifs is 5. The van der Waals surface area contributed by atoms with Crippen LogP contribution >= 0.6 is 0 Å². The van der Waals surface area contributed by atoms with E-state index in [0.29, 0.717) is 12.8 Å². The van der Waals surface area contributed by atoms with Gasteiger partial charge >= 0.3 is 12.3 Å². The second kappa shape index (κ2) is 9.66. The highest BCUT2D eigenvalue weighted by Crippen LogP contribution is 2.45. The van der Waals surface area contributed by atoms with Gasteiger partial charge in [-0.05, 0) is 72.1 Å². The number of ether oxygens (including phenoxy) is 1. The van der Waals surface area contributed by atoms with E-state index in [1.54, 1.807) is 4.90 Å². The summed E-state index contributed by atoms with van der Waals surface area (Å²) in [4.78, 5) is 15.1. The fraction of sp³-hybridized carbons (Fsp3) is 0.387. The van der Waals surface area contributed by atoms with Gasteiger partial charge in [0.15, 0.2) is 0 Å². The molecule has 3 aliphatic rings. The van der Waals surface area contributed by atoms with E-state index in [1.165, 1.54) is 6.07 Å². The second-order valence-corrected chi connectivity index (χ2v) is 11.1. The van der Waals surface area contributed by atoms with E-state index in [9.17, 15) is 27.5 Å². The molecule has 3 aromatic rings. The third-order valence-electron chi connectivity index (χ3n) is 8.51. The summed E-state index contributed by atoms with van der Waals surface area (Å²) in [6.45, 7) is 0.197. The van der Waals surface area contributed by atoms with Crippen molar-refractivity contribution in [1.29, 1.82) is 0 Å². The molecule has 4 nitrogen and oxygen atoms in total. The van der Waals surface area contributed by atoms with Crippen LogP contribution in [-0.2, 0) is 17.3 Å². The van der Waals surface area contributed by atoms with E-state index >= 15 is 0 Å². The van der Waals surface area contributed by atoms with Crippen molar-refractivity contribution in [2.45, 2.75) is 68.3 Å². The van der Waals surface area contributed by atoms with Gasteiger partial charge in [-0.25, -0.2) is 9.18 Å². The Bertz CT molecular complexity index is 1350. The summed E-state index contributed by atoms with van der Waals surface area (Å²) in [6.07, 6.45) is -2.56. The van der Waals surface area contributed by atoms with Crippen LogP contribution < -0.4 is 0 Å². The van der Waals surface area contributed by atoms with Gasteiger partial charge in [-0.1, -0.05) is 54.6 Å². The van der Waals surface area contributed by atoms with Gasteiger partial charge in [0, 0.05) is 24.4 Å². The maximum Gasteiger partial charge on any atom is 0.419 e. The van der Waals surface area contributed by atoms with Crippen molar-refractivity contribution in [2.24, 2.45) is 0 Å². The molecule has 39 heavy (non-hydrogen) atoms. The molecule has 1 N–H and O–H groups in total. The molecular formula is C31H29F4NO3. The zero-order chi connectivity index (χ0) is 27.4. The summed E-state index contributed by atoms with van der Waals surface area (Å²) in [5, 5.41) is 11.5. The van der Waals surface area contributed by atoms with Gasteiger partial charge in [0.2, 0.25) is 0 Å². The van der Waals surface area contributed by atoms with Crippen molar-refractivity contribution in [3.63, 3.8) is 0 Å². The first-order chi connectivity index (χ1) is 18.6. The van der Waals surface area contributed by atoms with Crippen LogP contribution in [0.1, 0.15) is 60.3 Å². The number of nitrogens with zero attached hydrogens (tertiary/aromatic N) is 1. The maximum absolute atomic E-state index is 13.8. The fourth-order valence-corrected chi connectivity index (χ4v) is 6.92. The number of carbonyl (C=O) groups excluding carboxylic acids is 1. The van der Waals surface area contributed by atoms with E-state index in [0.717, 1.165) is 40.8 Å². The van der Waals surface area contributed by atoms with E-state index < -0.39 is 29.3 Å². The molecular weight excluding hydrogens is 510 g/mol. The van der Waals surface area contributed by atoms with Crippen molar-refractivity contribution in [3.8, 4) is 11.1 Å². The van der Waals surface area contributed by atoms with Crippen LogP contribution in [0, 0.1) is 5.82 Å². The van der Waals surface area contributed by atoms with Crippen LogP contribution in [0.25, 0.3) is 11.1 Å². The summed E-state index contributed by atoms with van der Waals surface area (Å²) >= 11 is 0. The van der Waals surface area contributed by atoms with Crippen LogP contribution in [-0.4, -0.2) is 40.4 Å². The predicted molar refractivity (Wildman–Crippen MR) is 138 cm³/mol. The lowest BCUT2D eigenvalue weighted by Gasteiger charge is -2.51. The Labute approximate surface area is 224 Å². The largest absolute Gasteiger partial charge is 0.448 e. The molecule has 2 aliphatic heterocycles. The second-order valence-electron chi connectivity index (χ2n) is 11.1. The van der Waals surface area contributed by atoms with Gasteiger partial charge in [-0.3, -0.25) is 0 Å². The molecule has 2 saturated heterocycles. The van der Waals surface area contributed by atoms with Gasteiger partial charge in [0.1, 0.15) is 12.4 Å². The highest BCUT2D eigenvalue weighted by atomic mass is 19.4. The minimum atomic E-state index is -4.81. The zero-order valence-electron chi connectivity index (χ0n) is 21.3. The van der Waals surface area contributed by atoms with Gasteiger partial charge in [0.25, 0.3) is 0 Å². The first-order valence-electron chi connectivity index (χ1n) is 13.3. The molecule has 8 heteroatoms. The molecule has 6 rings (SSSR count). The quantitative estimate of drug-likeness (QED) is 0.361. The van der Waals surface area contributed by atoms with Gasteiger partial charge in [-0.15, -0.1) is 0 Å². The molecule has 2 bridgehead atoms. The van der Waals surface area contributed by atoms with Crippen molar-refractivity contribution < 1.29 is 32.2 Å². The SMILES string of the molecule is O=C(OCC1c2ccccc2-c2ccccc21)N1C2CCCC1CC(O)(Cc1ccc(F)c(C(F)(F)F)c1)C2. The molecule has 3 aromatic carbocycles. The Balaban J connectivity index is 1.16. The lowest BCUT2D eigenvalue weighted by Crippen LogP contribution is -2.60. The number of hydrogen-bond acceptors (Lipinski definition) is 3. The van der Waals surface area contributed by atoms with Gasteiger partial charge in [-0.2, -0.15) is 13.2 Å². The van der Waals surface area contributed by atoms with Gasteiger partial charge in [0.05, 0.1) is 11.2 Å². The summed E-state index contributed by atoms with van der Waals surface area (Å²) < 4.78 is 59.3. The maximum atomic E-state index is 13.8. The fourth-order valence-electron chi connectivity index (χ4n) is 6.92. The summed E-state index contributed by atoms with van der Waals surface area (Å²) in [5.41, 5.74) is 2.12. The topological polar surface area (TPSA) is 49.8 Å². The van der Waals surface area contributed by atoms with Crippen LogP contribution in [0.4, 0.5) is 22.4 Å². The van der Waals surface area contributed by atoms with Crippen LogP contribution in [0.15, 0.2) is 66.7 Å². The highest BCUT2D eigenvalue weighted by Gasteiger charge is 2.48. The zero-order valence-corrected chi connectivity index (χ0v) is 21.3. The Morgan fingerprint density at radius 1 is 0.949 bits per heavy atom. The van der Waals surface area contributed by atoms with E-state index in [-0.39, 0.29) is 49.4 Å². The first kappa shape index (κ1) is 25.9. The lowest BCUT2D eigenvalue weighted by atomic mass is 9.73. The average Bonchev–Trinajstić information content (AvgIpc) is 3.21. The molecule has 0 radical (unpaired) electrons. The Morgan fingerprint density at radius 3 is 2.13 bits per heavy atom. The molecule has 2 fully saturated rings. The number of piperidine rings is 2. The monoisotopic (exact) mass is 539 g/mol. The van der Waals surface area contributed by atoms with Crippen molar-refractivity contribution in [3.05, 3.63) is 94.8 Å². The molecule has 2 unspecified atom stereocenters. The number of carbonyl (C=O) groups is 1. The molecule has 1 amide bonds. The average molecular weight is 540 g/mol. The standard InChI is InChI=1S/C31H29F4NO3/c32-28-13-12-19(14-27(28)31(33,34)35)15-30(38)16-20-6-5-7-21(17-30)36(20)29(37)39-18-26-24-10-3-1-8-22(24)23-9-2-4-11-25(23)26/h1-4,8-14,20-21,26,38H,5-7,15-18H2. The molecule has 204 valence electrons. The molecule has 0 saturated carbocycles. The molecule has 0 aromatic heterocycles. The molecule has 2 atom stereocenters. The van der Waals surface area contributed by atoms with Crippen LogP contribution in [0.5, 0.6) is 0 Å². The van der Waals surface area contributed by atoms with E-state index in [4.69, 9.17) is 4.74 Å². The normalized spacial score (nSPS) is 24.3. The van der Waals surface area contributed by atoms with Crippen molar-refractivity contribution >= 4 is 6.09 Å². The third-order valence-corrected chi connectivity index (χ3v) is 8.51. The molecule has 1 aliphatic carbocycles. The summed E-state index contributed by atoms with van der Waals surface area (Å²) in [7, 11) is 0. The highest BCUT2D eigenvalue weighted by molar-refractivity contribution is 5.79. The lowest BCUT2D eigenvalue weighted by molar-refractivity contribution is -0.140. The van der Waals surface area contributed by atoms with Gasteiger partial charge < -0.3 is 14.7 Å². The minimum Gasteiger partial charge on any atom is -0.448 e. The first-order valence-corrected chi connectivity index (χ1v) is 13.3. The smallest absolute Gasteiger partial charge is 0.419 e. The Kier molecular flexibility index (Phi) is 6.41. The number of halogens is 4. The third kappa shape index (κ3) is 4.80. The number of benzene rings is 3. The molecule has 0 spiro atoms. The van der Waals surface area contributed by atoms with Crippen LogP contribution in [0.3, 0.4) is 0 Å². The van der Waals surface area contributed by atoms with Crippen LogP contribution in [0.2, 0.25) is 0 Å². The number of alkyl halides is 3. The van der Waals surface area contributed by atoms with E-state index in [2.05, 4.69) is 24.3 Å². The number of rotatable bonds is 4. The number of aliphatic hydroxyl groups is 1. The number of hydrogen-bond donors (Lipinski definition) is 1. The minimum absolute atomic E-state index is 0.0398. The van der Waals surface area contributed by atoms with Crippen molar-refractivity contribution in [1.82, 2.24) is 4.90 Å². The van der Waals surface area contributed by atoms with E-state index in [1.807, 2.05) is 24.3 Å². The Morgan fingerprint density at radius 2 is 1.54 bits per heavy atom. The van der Waals surface area contributed by atoms with Crippen molar-refractivity contribution in [2.75, 3.05) is 6.61 Å². The Hall–Kier alpha value is -3.39. The number of amides is 1. The summed E-state index contributed by atoms with van der Waals surface area (Å²) in [6, 6.07) is 18.5. The molecule has 2 heterocycles.